The molecule has 1 saturated heterocycles. The molecule has 66 heavy (non-hydrogen) atoms. The van der Waals surface area contributed by atoms with Gasteiger partial charge in [0.2, 0.25) is 12.0 Å². The van der Waals surface area contributed by atoms with Crippen molar-refractivity contribution in [1.82, 2.24) is 5.32 Å². The van der Waals surface area contributed by atoms with Crippen molar-refractivity contribution in [2.45, 2.75) is 147 Å². The fourth-order valence-electron chi connectivity index (χ4n) is 6.61. The van der Waals surface area contributed by atoms with Crippen LogP contribution >= 0.6 is 0 Å². The van der Waals surface area contributed by atoms with Gasteiger partial charge in [0.15, 0.2) is 17.7 Å². The van der Waals surface area contributed by atoms with Crippen molar-refractivity contribution in [2.75, 3.05) is 19.0 Å². The van der Waals surface area contributed by atoms with Gasteiger partial charge in [0, 0.05) is 18.1 Å². The minimum atomic E-state index is -4.67. The molecule has 0 aliphatic carbocycles. The summed E-state index contributed by atoms with van der Waals surface area (Å²) in [5.41, 5.74) is 0.648. The van der Waals surface area contributed by atoms with E-state index in [1.54, 1.807) is 0 Å². The van der Waals surface area contributed by atoms with E-state index in [9.17, 15) is 63.7 Å². The standard InChI is InChI=1S/C24H26N2O13.C14H30.C2H6O4S.Na.H2O4S.H/c27-8-17-18(29)19(30)20(31)24(39-17)38-16-6-10-5-14(23(36)37)26(13(10)7-15(16)28)2-1-9-3-11(21(32)33)25-12(4-9)22(34)35;1-3-5-7-9-11-13-14-12-10-8-6-4-2;3-1-2-7(4,5)6;;1-5(2,3)4;/h1-3,6-7,12,14,17-20,24,27,29-31H,4-5,8H2,(H4,28,32,33,34,35,36,37);3-14H2,1-2H3;3H,1-2H2,(H,4,5,6);;(H2,1,2,3,4);/p+1/t12-,14-,17+,18+,19-,20+,24+;;;;;/m0...../s1. The summed E-state index contributed by atoms with van der Waals surface area (Å²) >= 11 is 0. The van der Waals surface area contributed by atoms with E-state index in [4.69, 9.17) is 36.7 Å². The Kier molecular flexibility index (Phi) is 30.1. The van der Waals surface area contributed by atoms with Gasteiger partial charge in [-0.15, -0.1) is 0 Å². The van der Waals surface area contributed by atoms with Crippen LogP contribution in [0.5, 0.6) is 11.5 Å². The topological polar surface area (TPSA) is 396 Å². The number of fused-ring (bicyclic) bond motifs is 1. The molecule has 4 rings (SSSR count). The number of rotatable bonds is 20. The van der Waals surface area contributed by atoms with Crippen molar-refractivity contribution in [3.63, 3.8) is 0 Å². The Bertz CT molecular complexity index is 1980. The molecule has 13 N–H and O–H groups in total. The number of phenolic OH excluding ortho intramolecular Hbond substituents is 1. The molecule has 0 saturated carbocycles. The van der Waals surface area contributed by atoms with Crippen molar-refractivity contribution in [2.24, 2.45) is 0 Å². The van der Waals surface area contributed by atoms with E-state index in [0.717, 1.165) is 0 Å². The summed E-state index contributed by atoms with van der Waals surface area (Å²) < 4.78 is 70.8. The van der Waals surface area contributed by atoms with Crippen LogP contribution in [0.15, 0.2) is 35.6 Å². The van der Waals surface area contributed by atoms with E-state index >= 15 is 0 Å². The Balaban J connectivity index is 0.00000128. The van der Waals surface area contributed by atoms with Crippen LogP contribution in [-0.2, 0) is 46.1 Å². The van der Waals surface area contributed by atoms with E-state index < -0.39 is 106 Å². The summed E-state index contributed by atoms with van der Waals surface area (Å²) in [5.74, 6) is -5.12. The van der Waals surface area contributed by atoms with Crippen molar-refractivity contribution < 1.29 is 105 Å². The summed E-state index contributed by atoms with van der Waals surface area (Å²) in [6, 6.07) is 0.177. The quantitative estimate of drug-likeness (QED) is 0.0374. The third-order valence-electron chi connectivity index (χ3n) is 9.95. The first-order valence-electron chi connectivity index (χ1n) is 21.0. The number of hydrogen-bond donors (Lipinski definition) is 13. The molecule has 3 heterocycles. The number of benzene rings is 1. The van der Waals surface area contributed by atoms with Crippen molar-refractivity contribution in [1.29, 1.82) is 0 Å². The molecule has 7 atom stereocenters. The normalized spacial score (nSPS) is 23.5. The van der Waals surface area contributed by atoms with E-state index in [2.05, 4.69) is 19.2 Å². The Morgan fingerprint density at radius 1 is 0.803 bits per heavy atom. The number of nitrogens with zero attached hydrogens (tertiary/aromatic N) is 1. The molecule has 1 fully saturated rings. The number of aliphatic carboxylic acids is 3. The Morgan fingerprint density at radius 2 is 1.32 bits per heavy atom. The van der Waals surface area contributed by atoms with Crippen LogP contribution in [0.3, 0.4) is 0 Å². The molecule has 1 aromatic carbocycles. The molecule has 1 aromatic rings. The zero-order chi connectivity index (χ0) is 49.5. The van der Waals surface area contributed by atoms with Gasteiger partial charge in [0.05, 0.1) is 31.5 Å². The zero-order valence-corrected chi connectivity index (χ0v) is 37.9. The molecule has 0 unspecified atom stereocenters. The average Bonchev–Trinajstić information content (AvgIpc) is 3.57. The number of carboxylic acids is 3. The Labute approximate surface area is 406 Å². The molecule has 0 amide bonds. The van der Waals surface area contributed by atoms with Crippen molar-refractivity contribution in [3.05, 3.63) is 41.1 Å². The second-order valence-corrected chi connectivity index (χ2v) is 17.7. The summed E-state index contributed by atoms with van der Waals surface area (Å²) in [6.45, 7) is 3.36. The zero-order valence-electron chi connectivity index (χ0n) is 36.3. The predicted molar refractivity (Wildman–Crippen MR) is 238 cm³/mol. The minimum absolute atomic E-state index is 0. The van der Waals surface area contributed by atoms with E-state index in [1.165, 1.54) is 112 Å². The van der Waals surface area contributed by atoms with Gasteiger partial charge in [-0.25, -0.2) is 14.4 Å². The maximum atomic E-state index is 12.0. The first kappa shape index (κ1) is 62.7. The van der Waals surface area contributed by atoms with Crippen LogP contribution in [0.25, 0.3) is 0 Å². The second-order valence-electron chi connectivity index (χ2n) is 15.2. The number of hydrogen-bond acceptors (Lipinski definition) is 16. The number of carbonyl (C=O) groups is 3. The molecule has 0 spiro atoms. The third kappa shape index (κ3) is 24.1. The molecular formula is C40H66N2NaO21S2+. The molecule has 26 heteroatoms. The summed E-state index contributed by atoms with van der Waals surface area (Å²) in [6.07, 6.45) is 13.4. The van der Waals surface area contributed by atoms with Crippen LogP contribution < -0.4 is 10.1 Å². The number of unbranched alkanes of at least 4 members (excludes halogenated alkanes) is 11. The number of aliphatic hydroxyl groups excluding tert-OH is 5. The molecule has 0 bridgehead atoms. The van der Waals surface area contributed by atoms with Gasteiger partial charge in [-0.1, -0.05) is 90.9 Å². The van der Waals surface area contributed by atoms with Gasteiger partial charge >= 0.3 is 57.9 Å². The monoisotopic (exact) mass is 997 g/mol. The number of aromatic hydroxyl groups is 1. The van der Waals surface area contributed by atoms with Gasteiger partial charge in [-0.05, 0) is 17.7 Å². The molecule has 0 aromatic heterocycles. The number of allylic oxidation sites excluding steroid dienone is 2. The molecule has 374 valence electrons. The average molecular weight is 998 g/mol. The van der Waals surface area contributed by atoms with Gasteiger partial charge < -0.3 is 60.7 Å². The van der Waals surface area contributed by atoms with E-state index in [1.807, 2.05) is 0 Å². The van der Waals surface area contributed by atoms with E-state index in [-0.39, 0.29) is 59.5 Å². The number of nitrogens with one attached hydrogen (secondary N) is 1. The number of carboxylic acid groups (broad SMARTS) is 3. The van der Waals surface area contributed by atoms with Gasteiger partial charge in [0.25, 0.3) is 16.2 Å². The van der Waals surface area contributed by atoms with Gasteiger partial charge in [-0.2, -0.15) is 21.4 Å². The molecule has 3 aliphatic heterocycles. The van der Waals surface area contributed by atoms with Gasteiger partial charge in [0.1, 0.15) is 36.2 Å². The fourth-order valence-corrected chi connectivity index (χ4v) is 6.84. The first-order chi connectivity index (χ1) is 30.4. The summed E-state index contributed by atoms with van der Waals surface area (Å²) in [4.78, 5) is 34.8. The summed E-state index contributed by atoms with van der Waals surface area (Å²) in [5, 5.41) is 88.7. The summed E-state index contributed by atoms with van der Waals surface area (Å²) in [7, 11) is -8.59. The second kappa shape index (κ2) is 31.7. The Hall–Kier alpha value is -3.28. The van der Waals surface area contributed by atoms with Crippen LogP contribution in [0.1, 0.15) is 103 Å². The van der Waals surface area contributed by atoms with Crippen LogP contribution in [0.2, 0.25) is 0 Å². The predicted octanol–water partition coefficient (Wildman–Crippen LogP) is 0.909. The molecule has 0 radical (unpaired) electrons. The third-order valence-corrected chi connectivity index (χ3v) is 10.6. The Morgan fingerprint density at radius 3 is 1.73 bits per heavy atom. The van der Waals surface area contributed by atoms with Crippen LogP contribution in [0, 0.1) is 0 Å². The molecular weight excluding hydrogens is 932 g/mol. The maximum absolute atomic E-state index is 12.0. The van der Waals surface area contributed by atoms with Gasteiger partial charge in [-0.3, -0.25) is 13.7 Å². The van der Waals surface area contributed by atoms with Crippen LogP contribution in [0.4, 0.5) is 5.69 Å². The first-order valence-corrected chi connectivity index (χ1v) is 24.0. The van der Waals surface area contributed by atoms with E-state index in [0.29, 0.717) is 11.1 Å². The molecule has 3 aliphatic rings. The van der Waals surface area contributed by atoms with Crippen molar-refractivity contribution >= 4 is 79.9 Å². The van der Waals surface area contributed by atoms with Crippen LogP contribution in [-0.4, -0.2) is 196 Å². The van der Waals surface area contributed by atoms with Crippen molar-refractivity contribution in [3.8, 4) is 11.5 Å². The number of ether oxygens (including phenoxy) is 2. The molecule has 23 nitrogen and oxygen atoms in total. The number of aliphatic hydroxyl groups is 5. The number of phenols is 1. The SMILES string of the molecule is CCCCCCCCCCCCCC.O=C(O)C1=CC(=CC=[N+]2c3cc(O)c(O[C@@H]4O[C@H](CO)[C@@H](O)[C@H](O)[C@H]4O)cc3C[C@H]2C(=O)O)C[C@@H](C(=O)O)N1.O=S(=O)(O)CCO.O=S(=O)(O)O.[NaH]. The fraction of sp³-hybridized carbons (Fsp3) is 0.650.